The Morgan fingerprint density at radius 1 is 1.24 bits per heavy atom. The molecule has 1 aromatic carbocycles. The number of aryl methyl sites for hydroxylation is 1. The summed E-state index contributed by atoms with van der Waals surface area (Å²) in [7, 11) is 1.53. The SMILES string of the molecule is Cn1nc(C(F)(F)F)cc1-c1ccc2c(c1)N(Cc1cnc[nH]1)CC2. The van der Waals surface area contributed by atoms with Crippen LogP contribution in [-0.2, 0) is 26.2 Å². The predicted octanol–water partition coefficient (Wildman–Crippen LogP) is 3.39. The molecule has 1 aliphatic rings. The molecule has 1 N–H and O–H groups in total. The van der Waals surface area contributed by atoms with E-state index in [1.807, 2.05) is 18.2 Å². The number of aromatic nitrogens is 4. The van der Waals surface area contributed by atoms with E-state index in [1.165, 1.54) is 17.3 Å². The molecule has 0 atom stereocenters. The summed E-state index contributed by atoms with van der Waals surface area (Å²) in [6.45, 7) is 1.56. The first-order valence-corrected chi connectivity index (χ1v) is 7.88. The smallest absolute Gasteiger partial charge is 0.365 e. The van der Waals surface area contributed by atoms with Crippen LogP contribution in [0.4, 0.5) is 18.9 Å². The van der Waals surface area contributed by atoms with Crippen LogP contribution < -0.4 is 4.90 Å². The van der Waals surface area contributed by atoms with Gasteiger partial charge in [-0.25, -0.2) is 4.98 Å². The number of hydrogen-bond donors (Lipinski definition) is 1. The maximum Gasteiger partial charge on any atom is 0.435 e. The van der Waals surface area contributed by atoms with Gasteiger partial charge in [-0.2, -0.15) is 18.3 Å². The van der Waals surface area contributed by atoms with E-state index in [4.69, 9.17) is 0 Å². The number of benzene rings is 1. The molecule has 2 aromatic heterocycles. The highest BCUT2D eigenvalue weighted by Crippen LogP contribution is 2.35. The standard InChI is InChI=1S/C17H16F3N5/c1-24-14(7-16(23-24)17(18,19)20)12-3-2-11-4-5-25(15(11)6-12)9-13-8-21-10-22-13/h2-3,6-8,10H,4-5,9H2,1H3,(H,21,22). The molecule has 25 heavy (non-hydrogen) atoms. The average molecular weight is 347 g/mol. The molecule has 0 radical (unpaired) electrons. The van der Waals surface area contributed by atoms with Gasteiger partial charge in [0.2, 0.25) is 0 Å². The summed E-state index contributed by atoms with van der Waals surface area (Å²) < 4.78 is 40.0. The third-order valence-corrected chi connectivity index (χ3v) is 4.46. The first kappa shape index (κ1) is 15.7. The summed E-state index contributed by atoms with van der Waals surface area (Å²) in [6, 6.07) is 6.87. The predicted molar refractivity (Wildman–Crippen MR) is 87.0 cm³/mol. The molecule has 0 saturated carbocycles. The zero-order chi connectivity index (χ0) is 17.6. The van der Waals surface area contributed by atoms with Gasteiger partial charge in [0.25, 0.3) is 0 Å². The van der Waals surface area contributed by atoms with Crippen LogP contribution in [0, 0.1) is 0 Å². The van der Waals surface area contributed by atoms with E-state index in [1.54, 1.807) is 12.5 Å². The van der Waals surface area contributed by atoms with Crippen LogP contribution >= 0.6 is 0 Å². The van der Waals surface area contributed by atoms with Gasteiger partial charge in [0.15, 0.2) is 5.69 Å². The average Bonchev–Trinajstić information content (AvgIpc) is 3.27. The zero-order valence-electron chi connectivity index (χ0n) is 13.5. The van der Waals surface area contributed by atoms with Crippen LogP contribution in [-0.4, -0.2) is 26.3 Å². The molecule has 0 fully saturated rings. The van der Waals surface area contributed by atoms with Gasteiger partial charge in [-0.15, -0.1) is 0 Å². The molecule has 0 amide bonds. The van der Waals surface area contributed by atoms with Crippen molar-refractivity contribution in [2.75, 3.05) is 11.4 Å². The number of aromatic amines is 1. The monoisotopic (exact) mass is 347 g/mol. The number of halogens is 3. The molecular weight excluding hydrogens is 331 g/mol. The highest BCUT2D eigenvalue weighted by atomic mass is 19.4. The van der Waals surface area contributed by atoms with Gasteiger partial charge < -0.3 is 9.88 Å². The maximum atomic E-state index is 12.9. The third kappa shape index (κ3) is 2.88. The topological polar surface area (TPSA) is 49.7 Å². The Kier molecular flexibility index (Phi) is 3.55. The van der Waals surface area contributed by atoms with E-state index in [9.17, 15) is 13.2 Å². The molecule has 3 heterocycles. The minimum atomic E-state index is -4.45. The molecule has 5 nitrogen and oxygen atoms in total. The second-order valence-corrected chi connectivity index (χ2v) is 6.13. The Morgan fingerprint density at radius 3 is 2.76 bits per heavy atom. The van der Waals surface area contributed by atoms with Gasteiger partial charge in [0.05, 0.1) is 24.3 Å². The number of H-pyrrole nitrogens is 1. The number of rotatable bonds is 3. The summed E-state index contributed by atoms with van der Waals surface area (Å²) in [5.74, 6) is 0. The van der Waals surface area contributed by atoms with Crippen LogP contribution in [0.3, 0.4) is 0 Å². The van der Waals surface area contributed by atoms with Gasteiger partial charge in [-0.1, -0.05) is 12.1 Å². The Balaban J connectivity index is 1.68. The number of alkyl halides is 3. The van der Waals surface area contributed by atoms with Crippen molar-refractivity contribution < 1.29 is 13.2 Å². The van der Waals surface area contributed by atoms with Crippen molar-refractivity contribution in [2.45, 2.75) is 19.1 Å². The maximum absolute atomic E-state index is 12.9. The van der Waals surface area contributed by atoms with Crippen molar-refractivity contribution in [1.29, 1.82) is 0 Å². The molecule has 0 bridgehead atoms. The second kappa shape index (κ2) is 5.65. The van der Waals surface area contributed by atoms with E-state index in [0.29, 0.717) is 12.2 Å². The van der Waals surface area contributed by atoms with E-state index >= 15 is 0 Å². The Labute approximate surface area is 142 Å². The highest BCUT2D eigenvalue weighted by Gasteiger charge is 2.34. The number of nitrogens with zero attached hydrogens (tertiary/aromatic N) is 4. The quantitative estimate of drug-likeness (QED) is 0.790. The fraction of sp³-hybridized carbons (Fsp3) is 0.294. The summed E-state index contributed by atoms with van der Waals surface area (Å²) in [6.07, 6.45) is -0.113. The minimum absolute atomic E-state index is 0.448. The number of fused-ring (bicyclic) bond motifs is 1. The van der Waals surface area contributed by atoms with E-state index in [0.717, 1.165) is 36.0 Å². The molecule has 0 aliphatic carbocycles. The second-order valence-electron chi connectivity index (χ2n) is 6.13. The molecule has 8 heteroatoms. The van der Waals surface area contributed by atoms with E-state index in [-0.39, 0.29) is 0 Å². The summed E-state index contributed by atoms with van der Waals surface area (Å²) in [5.41, 5.74) is 3.53. The summed E-state index contributed by atoms with van der Waals surface area (Å²) >= 11 is 0. The zero-order valence-corrected chi connectivity index (χ0v) is 13.5. The Hall–Kier alpha value is -2.77. The number of anilines is 1. The first-order valence-electron chi connectivity index (χ1n) is 7.88. The number of imidazole rings is 1. The normalized spacial score (nSPS) is 14.2. The lowest BCUT2D eigenvalue weighted by Gasteiger charge is -2.19. The van der Waals surface area contributed by atoms with Gasteiger partial charge in [-0.05, 0) is 24.1 Å². The lowest BCUT2D eigenvalue weighted by molar-refractivity contribution is -0.141. The van der Waals surface area contributed by atoms with Crippen molar-refractivity contribution in [3.05, 3.63) is 53.7 Å². The van der Waals surface area contributed by atoms with Crippen molar-refractivity contribution >= 4 is 5.69 Å². The summed E-state index contributed by atoms with van der Waals surface area (Å²) in [5, 5.41) is 3.60. The largest absolute Gasteiger partial charge is 0.435 e. The fourth-order valence-corrected chi connectivity index (χ4v) is 3.22. The molecule has 0 spiro atoms. The molecule has 3 aromatic rings. The van der Waals surface area contributed by atoms with Gasteiger partial charge in [0, 0.05) is 31.0 Å². The van der Waals surface area contributed by atoms with E-state index in [2.05, 4.69) is 20.0 Å². The lowest BCUT2D eigenvalue weighted by Crippen LogP contribution is -2.19. The van der Waals surface area contributed by atoms with Crippen molar-refractivity contribution in [2.24, 2.45) is 7.05 Å². The Bertz CT molecular complexity index is 896. The van der Waals surface area contributed by atoms with Crippen LogP contribution in [0.25, 0.3) is 11.3 Å². The highest BCUT2D eigenvalue weighted by molar-refractivity contribution is 5.70. The summed E-state index contributed by atoms with van der Waals surface area (Å²) in [4.78, 5) is 9.30. The van der Waals surface area contributed by atoms with Crippen LogP contribution in [0.2, 0.25) is 0 Å². The number of nitrogens with one attached hydrogen (secondary N) is 1. The first-order chi connectivity index (χ1) is 11.9. The third-order valence-electron chi connectivity index (χ3n) is 4.46. The Morgan fingerprint density at radius 2 is 2.08 bits per heavy atom. The van der Waals surface area contributed by atoms with Crippen molar-refractivity contribution in [3.8, 4) is 11.3 Å². The molecule has 4 rings (SSSR count). The van der Waals surface area contributed by atoms with Gasteiger partial charge >= 0.3 is 6.18 Å². The molecule has 1 aliphatic heterocycles. The lowest BCUT2D eigenvalue weighted by atomic mass is 10.1. The van der Waals surface area contributed by atoms with E-state index < -0.39 is 11.9 Å². The molecule has 0 saturated heterocycles. The molecule has 0 unspecified atom stereocenters. The number of hydrogen-bond acceptors (Lipinski definition) is 3. The van der Waals surface area contributed by atoms with Crippen LogP contribution in [0.15, 0.2) is 36.8 Å². The van der Waals surface area contributed by atoms with Crippen LogP contribution in [0.1, 0.15) is 17.0 Å². The van der Waals surface area contributed by atoms with Crippen molar-refractivity contribution in [1.82, 2.24) is 19.7 Å². The van der Waals surface area contributed by atoms with Gasteiger partial charge in [-0.3, -0.25) is 4.68 Å². The minimum Gasteiger partial charge on any atom is -0.365 e. The fourth-order valence-electron chi connectivity index (χ4n) is 3.22. The molecule has 130 valence electrons. The van der Waals surface area contributed by atoms with Crippen molar-refractivity contribution in [3.63, 3.8) is 0 Å². The molecular formula is C17H16F3N5. The van der Waals surface area contributed by atoms with Gasteiger partial charge in [0.1, 0.15) is 0 Å². The van der Waals surface area contributed by atoms with Crippen LogP contribution in [0.5, 0.6) is 0 Å².